The molecule has 2 saturated heterocycles. The van der Waals surface area contributed by atoms with Gasteiger partial charge in [0.15, 0.2) is 5.96 Å². The van der Waals surface area contributed by atoms with Gasteiger partial charge in [-0.3, -0.25) is 4.99 Å². The van der Waals surface area contributed by atoms with Crippen LogP contribution < -0.4 is 10.6 Å². The summed E-state index contributed by atoms with van der Waals surface area (Å²) in [6.45, 7) is 3.48. The number of aliphatic imine (C=N–C) groups is 1. The Labute approximate surface area is 149 Å². The molecule has 0 aromatic heterocycles. The van der Waals surface area contributed by atoms with Crippen molar-refractivity contribution in [3.63, 3.8) is 0 Å². The summed E-state index contributed by atoms with van der Waals surface area (Å²) < 4.78 is 25.8. The zero-order valence-electron chi connectivity index (χ0n) is 14.6. The predicted octanol–water partition coefficient (Wildman–Crippen LogP) is 0.224. The quantitative estimate of drug-likeness (QED) is 0.452. The average Bonchev–Trinajstić information content (AvgIpc) is 2.99. The van der Waals surface area contributed by atoms with Crippen molar-refractivity contribution < 1.29 is 13.5 Å². The van der Waals surface area contributed by atoms with E-state index in [0.29, 0.717) is 32.0 Å². The van der Waals surface area contributed by atoms with Gasteiger partial charge in [-0.25, -0.2) is 12.7 Å². The van der Waals surface area contributed by atoms with Crippen LogP contribution >= 0.6 is 11.8 Å². The number of rotatable bonds is 6. The first-order chi connectivity index (χ1) is 11.4. The van der Waals surface area contributed by atoms with Crippen molar-refractivity contribution in [2.45, 2.75) is 44.2 Å². The van der Waals surface area contributed by atoms with Crippen molar-refractivity contribution in [1.82, 2.24) is 14.9 Å². The molecule has 2 rings (SSSR count). The molecular formula is C15H30N4O3S2. The zero-order valence-corrected chi connectivity index (χ0v) is 16.3. The first kappa shape index (κ1) is 19.8. The second kappa shape index (κ2) is 8.73. The Bertz CT molecular complexity index is 525. The first-order valence-corrected chi connectivity index (χ1v) is 11.4. The van der Waals surface area contributed by atoms with Crippen LogP contribution in [0.15, 0.2) is 4.99 Å². The molecule has 0 bridgehead atoms. The predicted molar refractivity (Wildman–Crippen MR) is 100 cm³/mol. The van der Waals surface area contributed by atoms with Crippen molar-refractivity contribution in [3.8, 4) is 0 Å². The fourth-order valence-corrected chi connectivity index (χ4v) is 5.87. The van der Waals surface area contributed by atoms with Gasteiger partial charge in [-0.15, -0.1) is 0 Å². The molecule has 7 nitrogen and oxygen atoms in total. The van der Waals surface area contributed by atoms with Crippen LogP contribution in [0.25, 0.3) is 0 Å². The lowest BCUT2D eigenvalue weighted by Crippen LogP contribution is -2.52. The Morgan fingerprint density at radius 3 is 2.67 bits per heavy atom. The van der Waals surface area contributed by atoms with Crippen LogP contribution in [-0.2, 0) is 10.0 Å². The van der Waals surface area contributed by atoms with Crippen molar-refractivity contribution in [2.75, 3.05) is 43.9 Å². The lowest BCUT2D eigenvalue weighted by atomic mass is 10.0. The van der Waals surface area contributed by atoms with E-state index in [1.165, 1.54) is 0 Å². The summed E-state index contributed by atoms with van der Waals surface area (Å²) in [5.74, 6) is 2.65. The van der Waals surface area contributed by atoms with Gasteiger partial charge in [-0.2, -0.15) is 11.8 Å². The van der Waals surface area contributed by atoms with Crippen LogP contribution in [0.2, 0.25) is 0 Å². The fourth-order valence-electron chi connectivity index (χ4n) is 3.04. The molecular weight excluding hydrogens is 348 g/mol. The number of hydrogen-bond donors (Lipinski definition) is 3. The van der Waals surface area contributed by atoms with E-state index in [1.807, 2.05) is 6.92 Å². The number of nitrogens with zero attached hydrogens (tertiary/aromatic N) is 2. The molecule has 2 heterocycles. The molecule has 2 fully saturated rings. The van der Waals surface area contributed by atoms with Gasteiger partial charge >= 0.3 is 0 Å². The molecule has 2 aliphatic heterocycles. The Morgan fingerprint density at radius 2 is 2.12 bits per heavy atom. The zero-order chi connectivity index (χ0) is 17.6. The van der Waals surface area contributed by atoms with E-state index < -0.39 is 15.6 Å². The number of hydrogen-bond acceptors (Lipinski definition) is 5. The van der Waals surface area contributed by atoms with E-state index >= 15 is 0 Å². The van der Waals surface area contributed by atoms with Crippen molar-refractivity contribution in [3.05, 3.63) is 0 Å². The lowest BCUT2D eigenvalue weighted by molar-refractivity contribution is 0.0723. The number of nitrogens with one attached hydrogen (secondary N) is 2. The topological polar surface area (TPSA) is 94.0 Å². The summed E-state index contributed by atoms with van der Waals surface area (Å²) in [5, 5.41) is 16.9. The van der Waals surface area contributed by atoms with Crippen LogP contribution in [0.3, 0.4) is 0 Å². The van der Waals surface area contributed by atoms with Crippen LogP contribution in [-0.4, -0.2) is 79.4 Å². The van der Waals surface area contributed by atoms with E-state index in [4.69, 9.17) is 0 Å². The maximum absolute atomic E-state index is 12.1. The molecule has 24 heavy (non-hydrogen) atoms. The summed E-state index contributed by atoms with van der Waals surface area (Å²) in [6.07, 6.45) is 2.99. The van der Waals surface area contributed by atoms with Gasteiger partial charge in [0, 0.05) is 38.5 Å². The van der Waals surface area contributed by atoms with Gasteiger partial charge in [0.05, 0.1) is 11.4 Å². The highest BCUT2D eigenvalue weighted by Gasteiger charge is 2.32. The van der Waals surface area contributed by atoms with Gasteiger partial charge in [0.25, 0.3) is 0 Å². The third-order valence-corrected chi connectivity index (χ3v) is 7.85. The molecule has 0 radical (unpaired) electrons. The molecule has 1 unspecified atom stereocenters. The molecule has 2 aliphatic rings. The van der Waals surface area contributed by atoms with E-state index in [-0.39, 0.29) is 11.8 Å². The van der Waals surface area contributed by atoms with Crippen LogP contribution in [0.5, 0.6) is 0 Å². The maximum atomic E-state index is 12.1. The molecule has 0 aliphatic carbocycles. The minimum Gasteiger partial charge on any atom is -0.387 e. The summed E-state index contributed by atoms with van der Waals surface area (Å²) in [5.41, 5.74) is -0.653. The molecule has 3 N–H and O–H groups in total. The number of sulfonamides is 1. The maximum Gasteiger partial charge on any atom is 0.214 e. The number of thioether (sulfide) groups is 1. The van der Waals surface area contributed by atoms with Gasteiger partial charge < -0.3 is 15.7 Å². The number of aliphatic hydroxyl groups is 1. The highest BCUT2D eigenvalue weighted by Crippen LogP contribution is 2.26. The van der Waals surface area contributed by atoms with Crippen molar-refractivity contribution >= 4 is 27.7 Å². The van der Waals surface area contributed by atoms with Crippen LogP contribution in [0.4, 0.5) is 0 Å². The van der Waals surface area contributed by atoms with Gasteiger partial charge in [0.1, 0.15) is 0 Å². The van der Waals surface area contributed by atoms with Crippen molar-refractivity contribution in [1.29, 1.82) is 0 Å². The monoisotopic (exact) mass is 378 g/mol. The normalized spacial score (nSPS) is 27.4. The Balaban J connectivity index is 1.77. The molecule has 0 aromatic rings. The second-order valence-electron chi connectivity index (χ2n) is 6.59. The van der Waals surface area contributed by atoms with Gasteiger partial charge in [-0.1, -0.05) is 6.92 Å². The van der Waals surface area contributed by atoms with Crippen LogP contribution in [0, 0.1) is 0 Å². The molecule has 1 atom stereocenters. The minimum atomic E-state index is -3.10. The molecule has 0 saturated carbocycles. The Kier molecular flexibility index (Phi) is 7.21. The molecule has 0 spiro atoms. The number of guanidine groups is 1. The second-order valence-corrected chi connectivity index (χ2v) is 9.78. The molecule has 0 aromatic carbocycles. The first-order valence-electron chi connectivity index (χ1n) is 8.64. The SMILES string of the molecule is CCCS(=O)(=O)N1CCC(NC(=NC)NCC2(O)CCSC2)CC1. The minimum absolute atomic E-state index is 0.205. The lowest BCUT2D eigenvalue weighted by Gasteiger charge is -2.32. The molecule has 9 heteroatoms. The largest absolute Gasteiger partial charge is 0.387 e. The number of piperidine rings is 1. The average molecular weight is 379 g/mol. The molecule has 140 valence electrons. The van der Waals surface area contributed by atoms with Gasteiger partial charge in [0.2, 0.25) is 10.0 Å². The standard InChI is InChI=1S/C15H30N4O3S2/c1-3-10-24(21,22)19-7-4-13(5-8-19)18-14(16-2)17-11-15(20)6-9-23-12-15/h13,20H,3-12H2,1-2H3,(H2,16,17,18). The van der Waals surface area contributed by atoms with Crippen LogP contribution in [0.1, 0.15) is 32.6 Å². The van der Waals surface area contributed by atoms with E-state index in [1.54, 1.807) is 23.1 Å². The summed E-state index contributed by atoms with van der Waals surface area (Å²) >= 11 is 1.77. The van der Waals surface area contributed by atoms with Crippen molar-refractivity contribution in [2.24, 2.45) is 4.99 Å². The highest BCUT2D eigenvalue weighted by atomic mass is 32.2. The summed E-state index contributed by atoms with van der Waals surface area (Å²) in [6, 6.07) is 0.205. The highest BCUT2D eigenvalue weighted by molar-refractivity contribution is 7.99. The summed E-state index contributed by atoms with van der Waals surface area (Å²) in [7, 11) is -1.38. The van der Waals surface area contributed by atoms with Gasteiger partial charge in [-0.05, 0) is 31.4 Å². The Morgan fingerprint density at radius 1 is 1.42 bits per heavy atom. The fraction of sp³-hybridized carbons (Fsp3) is 0.933. The van der Waals surface area contributed by atoms with E-state index in [9.17, 15) is 13.5 Å². The van der Waals surface area contributed by atoms with E-state index in [2.05, 4.69) is 15.6 Å². The summed E-state index contributed by atoms with van der Waals surface area (Å²) in [4.78, 5) is 4.22. The molecule has 0 amide bonds. The Hall–Kier alpha value is -0.510. The smallest absolute Gasteiger partial charge is 0.214 e. The third kappa shape index (κ3) is 5.50. The third-order valence-electron chi connectivity index (χ3n) is 4.54. The van der Waals surface area contributed by atoms with E-state index in [0.717, 1.165) is 30.8 Å².